The van der Waals surface area contributed by atoms with E-state index in [2.05, 4.69) is 220 Å². The Bertz CT molecular complexity index is 3190. The van der Waals surface area contributed by atoms with Crippen molar-refractivity contribution in [2.24, 2.45) is 0 Å². The number of furan rings is 1. The van der Waals surface area contributed by atoms with Crippen LogP contribution in [0.15, 0.2) is 211 Å². The largest absolute Gasteiger partial charge is 0.456 e. The number of anilines is 3. The monoisotopic (exact) mass is 769 g/mol. The molecule has 0 spiro atoms. The highest BCUT2D eigenvalue weighted by atomic mass is 16.3. The van der Waals surface area contributed by atoms with Gasteiger partial charge in [0.2, 0.25) is 0 Å². The number of benzene rings is 9. The first kappa shape index (κ1) is 35.7. The van der Waals surface area contributed by atoms with Crippen LogP contribution in [0.25, 0.3) is 77.6 Å². The standard InChI is InChI=1S/C58H43NO/c1-38-13-15-40(16-14-38)41-17-19-42(20-18-41)43-21-27-47(28-22-43)59(48-29-23-44(24-30-48)46-26-33-53-52-11-7-8-12-56(52)60-57(53)36-46)49-31-34-51-50-32-25-45(39-9-5-4-6-10-39)35-54(50)58(2,3)55(51)37-49/h4-37H,1-3H3. The summed E-state index contributed by atoms with van der Waals surface area (Å²) in [6, 6.07) is 75.1. The van der Waals surface area contributed by atoms with Crippen LogP contribution in [0.4, 0.5) is 17.1 Å². The van der Waals surface area contributed by atoms with Crippen molar-refractivity contribution in [2.45, 2.75) is 26.2 Å². The number of fused-ring (bicyclic) bond motifs is 6. The minimum absolute atomic E-state index is 0.176. The summed E-state index contributed by atoms with van der Waals surface area (Å²) < 4.78 is 6.26. The first-order valence-electron chi connectivity index (χ1n) is 20.8. The summed E-state index contributed by atoms with van der Waals surface area (Å²) in [7, 11) is 0. The van der Waals surface area contributed by atoms with E-state index in [4.69, 9.17) is 4.42 Å². The molecule has 0 bridgehead atoms. The second kappa shape index (κ2) is 14.1. The van der Waals surface area contributed by atoms with Crippen LogP contribution < -0.4 is 4.90 Å². The molecule has 1 aromatic heterocycles. The van der Waals surface area contributed by atoms with Gasteiger partial charge in [-0.05, 0) is 134 Å². The molecule has 0 fully saturated rings. The fraction of sp³-hybridized carbons (Fsp3) is 0.0690. The van der Waals surface area contributed by atoms with Crippen LogP contribution in [0, 0.1) is 6.92 Å². The van der Waals surface area contributed by atoms with Gasteiger partial charge in [-0.25, -0.2) is 0 Å². The lowest BCUT2D eigenvalue weighted by Crippen LogP contribution is -2.16. The van der Waals surface area contributed by atoms with Crippen molar-refractivity contribution in [3.8, 4) is 55.6 Å². The summed E-state index contributed by atoms with van der Waals surface area (Å²) >= 11 is 0. The van der Waals surface area contributed by atoms with Gasteiger partial charge < -0.3 is 9.32 Å². The lowest BCUT2D eigenvalue weighted by Gasteiger charge is -2.28. The molecule has 0 N–H and O–H groups in total. The highest BCUT2D eigenvalue weighted by Gasteiger charge is 2.36. The first-order valence-corrected chi connectivity index (χ1v) is 20.8. The first-order chi connectivity index (χ1) is 29.4. The number of hydrogen-bond donors (Lipinski definition) is 0. The second-order valence-corrected chi connectivity index (χ2v) is 16.7. The molecule has 0 saturated heterocycles. The molecule has 1 aliphatic carbocycles. The fourth-order valence-electron chi connectivity index (χ4n) is 9.23. The fourth-order valence-corrected chi connectivity index (χ4v) is 9.23. The number of para-hydroxylation sites is 1. The zero-order valence-corrected chi connectivity index (χ0v) is 34.0. The zero-order valence-electron chi connectivity index (χ0n) is 34.0. The Morgan fingerprint density at radius 1 is 0.350 bits per heavy atom. The van der Waals surface area contributed by atoms with E-state index in [1.54, 1.807) is 0 Å². The van der Waals surface area contributed by atoms with Crippen LogP contribution in [-0.2, 0) is 5.41 Å². The highest BCUT2D eigenvalue weighted by molar-refractivity contribution is 6.06. The predicted molar refractivity (Wildman–Crippen MR) is 252 cm³/mol. The Labute approximate surface area is 351 Å². The Morgan fingerprint density at radius 2 is 0.783 bits per heavy atom. The molecule has 2 heteroatoms. The number of nitrogens with zero attached hydrogens (tertiary/aromatic N) is 1. The quantitative estimate of drug-likeness (QED) is 0.161. The molecule has 10 aromatic rings. The topological polar surface area (TPSA) is 16.4 Å². The lowest BCUT2D eigenvalue weighted by atomic mass is 9.81. The lowest BCUT2D eigenvalue weighted by molar-refractivity contribution is 0.660. The van der Waals surface area contributed by atoms with Crippen LogP contribution in [-0.4, -0.2) is 0 Å². The molecule has 60 heavy (non-hydrogen) atoms. The van der Waals surface area contributed by atoms with Crippen molar-refractivity contribution >= 4 is 39.0 Å². The summed E-state index contributed by atoms with van der Waals surface area (Å²) in [6.45, 7) is 6.86. The normalized spacial score (nSPS) is 12.7. The van der Waals surface area contributed by atoms with Crippen molar-refractivity contribution in [1.82, 2.24) is 0 Å². The molecule has 0 saturated carbocycles. The molecule has 1 aliphatic rings. The summed E-state index contributed by atoms with van der Waals surface area (Å²) in [5.41, 5.74) is 21.2. The summed E-state index contributed by atoms with van der Waals surface area (Å²) in [6.07, 6.45) is 0. The van der Waals surface area contributed by atoms with Gasteiger partial charge in [-0.15, -0.1) is 0 Å². The van der Waals surface area contributed by atoms with Gasteiger partial charge >= 0.3 is 0 Å². The van der Waals surface area contributed by atoms with Crippen LogP contribution in [0.1, 0.15) is 30.5 Å². The van der Waals surface area contributed by atoms with Crippen molar-refractivity contribution in [3.05, 3.63) is 223 Å². The van der Waals surface area contributed by atoms with E-state index < -0.39 is 0 Å². The average Bonchev–Trinajstić information content (AvgIpc) is 3.78. The molecule has 0 unspecified atom stereocenters. The maximum atomic E-state index is 6.26. The molecule has 1 heterocycles. The molecule has 0 atom stereocenters. The predicted octanol–water partition coefficient (Wildman–Crippen LogP) is 16.3. The molecular formula is C58H43NO. The Hall–Kier alpha value is -7.42. The van der Waals surface area contributed by atoms with E-state index in [-0.39, 0.29) is 5.41 Å². The zero-order chi connectivity index (χ0) is 40.4. The van der Waals surface area contributed by atoms with Gasteiger partial charge in [0.05, 0.1) is 0 Å². The summed E-state index contributed by atoms with van der Waals surface area (Å²) in [5, 5.41) is 2.29. The molecule has 0 amide bonds. The third kappa shape index (κ3) is 6.12. The van der Waals surface area contributed by atoms with E-state index in [1.807, 2.05) is 12.1 Å². The van der Waals surface area contributed by atoms with Gasteiger partial charge in [0.25, 0.3) is 0 Å². The number of rotatable bonds is 7. The van der Waals surface area contributed by atoms with Crippen molar-refractivity contribution in [2.75, 3.05) is 4.90 Å². The molecule has 0 radical (unpaired) electrons. The van der Waals surface area contributed by atoms with E-state index in [9.17, 15) is 0 Å². The molecule has 9 aromatic carbocycles. The minimum Gasteiger partial charge on any atom is -0.456 e. The van der Waals surface area contributed by atoms with Crippen LogP contribution in [0.5, 0.6) is 0 Å². The van der Waals surface area contributed by atoms with E-state index >= 15 is 0 Å². The molecule has 0 aliphatic heterocycles. The SMILES string of the molecule is Cc1ccc(-c2ccc(-c3ccc(N(c4ccc(-c5ccc6c(c5)oc5ccccc56)cc4)c4ccc5c(c4)C(C)(C)c4cc(-c6ccccc6)ccc4-5)cc3)cc2)cc1. The smallest absolute Gasteiger partial charge is 0.136 e. The molecule has 286 valence electrons. The van der Waals surface area contributed by atoms with Crippen LogP contribution in [0.2, 0.25) is 0 Å². The van der Waals surface area contributed by atoms with Gasteiger partial charge in [-0.3, -0.25) is 0 Å². The van der Waals surface area contributed by atoms with Gasteiger partial charge in [0.1, 0.15) is 11.2 Å². The molecule has 2 nitrogen and oxygen atoms in total. The second-order valence-electron chi connectivity index (χ2n) is 16.7. The maximum absolute atomic E-state index is 6.26. The third-order valence-corrected chi connectivity index (χ3v) is 12.6. The number of aryl methyl sites for hydroxylation is 1. The summed E-state index contributed by atoms with van der Waals surface area (Å²) in [5.74, 6) is 0. The van der Waals surface area contributed by atoms with Gasteiger partial charge in [0.15, 0.2) is 0 Å². The Balaban J connectivity index is 0.968. The summed E-state index contributed by atoms with van der Waals surface area (Å²) in [4.78, 5) is 2.39. The highest BCUT2D eigenvalue weighted by Crippen LogP contribution is 2.52. The van der Waals surface area contributed by atoms with E-state index in [0.29, 0.717) is 0 Å². The van der Waals surface area contributed by atoms with Crippen molar-refractivity contribution < 1.29 is 4.42 Å². The van der Waals surface area contributed by atoms with Gasteiger partial charge in [-0.2, -0.15) is 0 Å². The Kier molecular flexibility index (Phi) is 8.42. The Morgan fingerprint density at radius 3 is 1.43 bits per heavy atom. The third-order valence-electron chi connectivity index (χ3n) is 12.6. The number of hydrogen-bond acceptors (Lipinski definition) is 2. The van der Waals surface area contributed by atoms with Gasteiger partial charge in [-0.1, -0.05) is 165 Å². The maximum Gasteiger partial charge on any atom is 0.136 e. The van der Waals surface area contributed by atoms with Gasteiger partial charge in [0, 0.05) is 33.2 Å². The van der Waals surface area contributed by atoms with E-state index in [1.165, 1.54) is 61.2 Å². The van der Waals surface area contributed by atoms with Crippen LogP contribution >= 0.6 is 0 Å². The average molecular weight is 770 g/mol. The minimum atomic E-state index is -0.176. The molecular weight excluding hydrogens is 727 g/mol. The van der Waals surface area contributed by atoms with Crippen molar-refractivity contribution in [1.29, 1.82) is 0 Å². The van der Waals surface area contributed by atoms with E-state index in [0.717, 1.165) is 50.1 Å². The van der Waals surface area contributed by atoms with Crippen LogP contribution in [0.3, 0.4) is 0 Å². The van der Waals surface area contributed by atoms with Crippen molar-refractivity contribution in [3.63, 3.8) is 0 Å². The molecule has 11 rings (SSSR count).